The molecule has 158 valence electrons. The zero-order valence-corrected chi connectivity index (χ0v) is 18.2. The van der Waals surface area contributed by atoms with Gasteiger partial charge in [-0.05, 0) is 36.4 Å². The van der Waals surface area contributed by atoms with E-state index in [1.165, 1.54) is 25.6 Å². The lowest BCUT2D eigenvalue weighted by atomic mass is 10.3. The molecule has 3 aromatic rings. The van der Waals surface area contributed by atoms with Gasteiger partial charge in [-0.15, -0.1) is 0 Å². The Labute approximate surface area is 180 Å². The first-order valence-electron chi connectivity index (χ1n) is 8.96. The van der Waals surface area contributed by atoms with Crippen LogP contribution in [0, 0.1) is 0 Å². The van der Waals surface area contributed by atoms with E-state index in [-0.39, 0.29) is 10.6 Å². The molecule has 1 aromatic heterocycles. The number of hydrogen-bond acceptors (Lipinski definition) is 8. The van der Waals surface area contributed by atoms with Gasteiger partial charge in [0.1, 0.15) is 29.5 Å². The van der Waals surface area contributed by atoms with Crippen LogP contribution >= 0.6 is 11.6 Å². The predicted molar refractivity (Wildman–Crippen MR) is 117 cm³/mol. The summed E-state index contributed by atoms with van der Waals surface area (Å²) in [5.74, 6) is 2.04. The smallest absolute Gasteiger partial charge is 0.178 e. The molecule has 0 spiro atoms. The van der Waals surface area contributed by atoms with Gasteiger partial charge < -0.3 is 20.1 Å². The van der Waals surface area contributed by atoms with E-state index in [0.717, 1.165) is 5.69 Å². The molecule has 0 radical (unpaired) electrons. The molecule has 0 saturated carbocycles. The van der Waals surface area contributed by atoms with Crippen LogP contribution in [0.4, 0.5) is 23.0 Å². The van der Waals surface area contributed by atoms with Crippen molar-refractivity contribution in [3.8, 4) is 11.5 Å². The molecule has 3 rings (SSSR count). The van der Waals surface area contributed by atoms with Crippen LogP contribution in [0.2, 0.25) is 5.02 Å². The first kappa shape index (κ1) is 21.7. The molecular formula is C20H21ClN4O4S. The lowest BCUT2D eigenvalue weighted by molar-refractivity contribution is 0.415. The molecule has 0 aliphatic rings. The third-order valence-corrected chi connectivity index (χ3v) is 6.29. The summed E-state index contributed by atoms with van der Waals surface area (Å²) < 4.78 is 34.9. The number of rotatable bonds is 8. The average Bonchev–Trinajstić information content (AvgIpc) is 2.74. The second-order valence-electron chi connectivity index (χ2n) is 6.15. The maximum atomic E-state index is 12.2. The molecule has 0 bridgehead atoms. The topological polar surface area (TPSA) is 102 Å². The van der Waals surface area contributed by atoms with E-state index >= 15 is 0 Å². The lowest BCUT2D eigenvalue weighted by Gasteiger charge is -2.13. The van der Waals surface area contributed by atoms with Crippen molar-refractivity contribution in [1.29, 1.82) is 0 Å². The van der Waals surface area contributed by atoms with Gasteiger partial charge in [0.05, 0.1) is 35.6 Å². The van der Waals surface area contributed by atoms with Gasteiger partial charge in [0.15, 0.2) is 9.84 Å². The van der Waals surface area contributed by atoms with Crippen LogP contribution in [-0.4, -0.2) is 38.4 Å². The SMILES string of the molecule is CCS(=O)(=O)c1ccc(OC)c(Nc2cc(Nc3ccc(OC)c(Cl)c3)ncn2)c1. The normalized spacial score (nSPS) is 11.1. The standard InChI is InChI=1S/C20H21ClN4O4S/c1-4-30(26,27)14-6-8-18(29-3)16(10-14)25-20-11-19(22-12-23-20)24-13-5-7-17(28-2)15(21)9-13/h5-12H,4H2,1-3H3,(H2,22,23,24,25). The molecule has 1 heterocycles. The highest BCUT2D eigenvalue weighted by molar-refractivity contribution is 7.91. The quantitative estimate of drug-likeness (QED) is 0.521. The molecule has 0 saturated heterocycles. The van der Waals surface area contributed by atoms with Gasteiger partial charge in [0, 0.05) is 11.8 Å². The molecular weight excluding hydrogens is 428 g/mol. The van der Waals surface area contributed by atoms with Crippen molar-refractivity contribution in [1.82, 2.24) is 9.97 Å². The third kappa shape index (κ3) is 4.92. The van der Waals surface area contributed by atoms with Crippen molar-refractivity contribution in [2.24, 2.45) is 0 Å². The minimum absolute atomic E-state index is 0.00473. The summed E-state index contributed by atoms with van der Waals surface area (Å²) in [6.45, 7) is 1.60. The number of methoxy groups -OCH3 is 2. The van der Waals surface area contributed by atoms with Crippen molar-refractivity contribution in [2.45, 2.75) is 11.8 Å². The predicted octanol–water partition coefficient (Wildman–Crippen LogP) is 4.43. The first-order chi connectivity index (χ1) is 14.4. The molecule has 0 aliphatic carbocycles. The molecule has 2 aromatic carbocycles. The average molecular weight is 449 g/mol. The molecule has 0 aliphatic heterocycles. The summed E-state index contributed by atoms with van der Waals surface area (Å²) in [5.41, 5.74) is 1.20. The van der Waals surface area contributed by atoms with Crippen LogP contribution in [0.25, 0.3) is 0 Å². The summed E-state index contributed by atoms with van der Waals surface area (Å²) in [6.07, 6.45) is 1.38. The summed E-state index contributed by atoms with van der Waals surface area (Å²) in [6, 6.07) is 11.6. The van der Waals surface area contributed by atoms with E-state index in [9.17, 15) is 8.42 Å². The monoisotopic (exact) mass is 448 g/mol. The Bertz CT molecular complexity index is 1160. The van der Waals surface area contributed by atoms with E-state index in [4.69, 9.17) is 21.1 Å². The second-order valence-corrected chi connectivity index (χ2v) is 8.84. The van der Waals surface area contributed by atoms with Crippen LogP contribution in [0.3, 0.4) is 0 Å². The van der Waals surface area contributed by atoms with Crippen LogP contribution in [0.5, 0.6) is 11.5 Å². The largest absolute Gasteiger partial charge is 0.495 e. The maximum absolute atomic E-state index is 12.2. The Hall–Kier alpha value is -3.04. The number of ether oxygens (including phenoxy) is 2. The number of hydrogen-bond donors (Lipinski definition) is 2. The number of nitrogens with zero attached hydrogens (tertiary/aromatic N) is 2. The molecule has 8 nitrogen and oxygen atoms in total. The molecule has 0 unspecified atom stereocenters. The number of nitrogens with one attached hydrogen (secondary N) is 2. The summed E-state index contributed by atoms with van der Waals surface area (Å²) in [7, 11) is -0.304. The van der Waals surface area contributed by atoms with Crippen LogP contribution in [-0.2, 0) is 9.84 Å². The minimum Gasteiger partial charge on any atom is -0.495 e. The number of aromatic nitrogens is 2. The van der Waals surface area contributed by atoms with E-state index in [1.807, 2.05) is 6.07 Å². The Morgan fingerprint density at radius 2 is 1.60 bits per heavy atom. The molecule has 0 atom stereocenters. The van der Waals surface area contributed by atoms with E-state index in [0.29, 0.717) is 33.8 Å². The number of halogens is 1. The third-order valence-electron chi connectivity index (χ3n) is 4.26. The van der Waals surface area contributed by atoms with Gasteiger partial charge in [-0.2, -0.15) is 0 Å². The lowest BCUT2D eigenvalue weighted by Crippen LogP contribution is -2.05. The Morgan fingerprint density at radius 1 is 0.933 bits per heavy atom. The van der Waals surface area contributed by atoms with Crippen molar-refractivity contribution in [3.63, 3.8) is 0 Å². The fraction of sp³-hybridized carbons (Fsp3) is 0.200. The van der Waals surface area contributed by atoms with Crippen molar-refractivity contribution < 1.29 is 17.9 Å². The van der Waals surface area contributed by atoms with Crippen molar-refractivity contribution in [3.05, 3.63) is 53.8 Å². The van der Waals surface area contributed by atoms with Crippen LogP contribution < -0.4 is 20.1 Å². The fourth-order valence-corrected chi connectivity index (χ4v) is 3.83. The van der Waals surface area contributed by atoms with E-state index in [2.05, 4.69) is 20.6 Å². The van der Waals surface area contributed by atoms with Gasteiger partial charge in [-0.25, -0.2) is 18.4 Å². The van der Waals surface area contributed by atoms with Gasteiger partial charge >= 0.3 is 0 Å². The van der Waals surface area contributed by atoms with Crippen LogP contribution in [0.1, 0.15) is 6.92 Å². The maximum Gasteiger partial charge on any atom is 0.178 e. The van der Waals surface area contributed by atoms with Gasteiger partial charge in [-0.3, -0.25) is 0 Å². The van der Waals surface area contributed by atoms with Gasteiger partial charge in [-0.1, -0.05) is 18.5 Å². The number of anilines is 4. The zero-order chi connectivity index (χ0) is 21.7. The van der Waals surface area contributed by atoms with Crippen molar-refractivity contribution in [2.75, 3.05) is 30.6 Å². The van der Waals surface area contributed by atoms with E-state index in [1.54, 1.807) is 38.3 Å². The molecule has 30 heavy (non-hydrogen) atoms. The highest BCUT2D eigenvalue weighted by Gasteiger charge is 2.15. The summed E-state index contributed by atoms with van der Waals surface area (Å²) in [5, 5.41) is 6.69. The molecule has 10 heteroatoms. The fourth-order valence-electron chi connectivity index (χ4n) is 2.67. The number of benzene rings is 2. The Balaban J connectivity index is 1.86. The molecule has 2 N–H and O–H groups in total. The highest BCUT2D eigenvalue weighted by atomic mass is 35.5. The highest BCUT2D eigenvalue weighted by Crippen LogP contribution is 2.31. The first-order valence-corrected chi connectivity index (χ1v) is 11.0. The van der Waals surface area contributed by atoms with Crippen molar-refractivity contribution >= 4 is 44.4 Å². The van der Waals surface area contributed by atoms with Crippen LogP contribution in [0.15, 0.2) is 53.7 Å². The molecule has 0 fully saturated rings. The second kappa shape index (κ2) is 9.19. The van der Waals surface area contributed by atoms with E-state index < -0.39 is 9.84 Å². The van der Waals surface area contributed by atoms with Gasteiger partial charge in [0.25, 0.3) is 0 Å². The van der Waals surface area contributed by atoms with Gasteiger partial charge in [0.2, 0.25) is 0 Å². The Morgan fingerprint density at radius 3 is 2.23 bits per heavy atom. The minimum atomic E-state index is -3.36. The number of sulfone groups is 1. The summed E-state index contributed by atoms with van der Waals surface area (Å²) in [4.78, 5) is 8.60. The zero-order valence-electron chi connectivity index (χ0n) is 16.6. The Kier molecular flexibility index (Phi) is 6.63. The summed E-state index contributed by atoms with van der Waals surface area (Å²) >= 11 is 6.16. The molecule has 0 amide bonds.